The molecule has 0 amide bonds. The molecule has 3 nitrogen and oxygen atoms in total. The molecule has 2 N–H and O–H groups in total. The van der Waals surface area contributed by atoms with Crippen LogP contribution in [0.4, 0.5) is 0 Å². The summed E-state index contributed by atoms with van der Waals surface area (Å²) in [7, 11) is 0. The third-order valence-corrected chi connectivity index (χ3v) is 4.67. The van der Waals surface area contributed by atoms with E-state index in [-0.39, 0.29) is 6.04 Å². The van der Waals surface area contributed by atoms with Crippen LogP contribution in [-0.2, 0) is 12.8 Å². The highest BCUT2D eigenvalue weighted by atomic mass is 35.5. The number of aryl methyl sites for hydroxylation is 1. The Bertz CT molecular complexity index is 555. The fraction of sp³-hybridized carbons (Fsp3) is 0.385. The lowest BCUT2D eigenvalue weighted by Crippen LogP contribution is -2.18. The predicted octanol–water partition coefficient (Wildman–Crippen LogP) is 3.79. The summed E-state index contributed by atoms with van der Waals surface area (Å²) < 4.78 is 5.26. The minimum atomic E-state index is 0.110. The third kappa shape index (κ3) is 4.18. The van der Waals surface area contributed by atoms with E-state index in [1.54, 1.807) is 11.8 Å². The van der Waals surface area contributed by atoms with E-state index in [1.165, 1.54) is 17.1 Å². The molecule has 6 heteroatoms. The first-order valence-corrected chi connectivity index (χ1v) is 8.09. The molecule has 0 aliphatic heterocycles. The van der Waals surface area contributed by atoms with Gasteiger partial charge in [0.05, 0.1) is 0 Å². The molecule has 2 rings (SSSR count). The van der Waals surface area contributed by atoms with E-state index in [0.717, 1.165) is 32.9 Å². The summed E-state index contributed by atoms with van der Waals surface area (Å²) >= 11 is 9.12. The van der Waals surface area contributed by atoms with Gasteiger partial charge in [-0.2, -0.15) is 4.37 Å². The molecule has 1 atom stereocenters. The Kier molecular flexibility index (Phi) is 5.21. The van der Waals surface area contributed by atoms with Gasteiger partial charge in [-0.05, 0) is 48.6 Å². The van der Waals surface area contributed by atoms with E-state index in [1.807, 2.05) is 25.1 Å². The van der Waals surface area contributed by atoms with Gasteiger partial charge in [-0.25, -0.2) is 4.98 Å². The van der Waals surface area contributed by atoms with Crippen molar-refractivity contribution in [2.75, 3.05) is 0 Å². The normalized spacial score (nSPS) is 12.6. The monoisotopic (exact) mass is 313 g/mol. The van der Waals surface area contributed by atoms with Crippen molar-refractivity contribution in [1.29, 1.82) is 0 Å². The van der Waals surface area contributed by atoms with Crippen molar-refractivity contribution in [1.82, 2.24) is 9.36 Å². The number of nitrogens with zero attached hydrogens (tertiary/aromatic N) is 2. The Balaban J connectivity index is 2.23. The molecule has 0 saturated carbocycles. The van der Waals surface area contributed by atoms with Gasteiger partial charge in [-0.3, -0.25) is 0 Å². The summed E-state index contributed by atoms with van der Waals surface area (Å²) in [5.41, 5.74) is 7.05. The molecule has 2 aromatic rings. The highest BCUT2D eigenvalue weighted by molar-refractivity contribution is 8.01. The quantitative estimate of drug-likeness (QED) is 0.912. The van der Waals surface area contributed by atoms with Gasteiger partial charge in [0.25, 0.3) is 0 Å². The summed E-state index contributed by atoms with van der Waals surface area (Å²) in [5, 5.41) is 0.742. The summed E-state index contributed by atoms with van der Waals surface area (Å²) in [6, 6.07) is 6.02. The maximum Gasteiger partial charge on any atom is 0.174 e. The molecular formula is C13H16ClN3S2. The molecule has 0 aliphatic carbocycles. The number of aromatic nitrogens is 2. The first-order chi connectivity index (χ1) is 9.08. The van der Waals surface area contributed by atoms with Crippen LogP contribution in [0.1, 0.15) is 25.2 Å². The summed E-state index contributed by atoms with van der Waals surface area (Å²) in [4.78, 5) is 5.63. The Labute approximate surface area is 126 Å². The number of nitrogens with two attached hydrogens (primary N) is 1. The van der Waals surface area contributed by atoms with Gasteiger partial charge in [0.2, 0.25) is 0 Å². The number of hydrogen-bond donors (Lipinski definition) is 1. The van der Waals surface area contributed by atoms with Crippen LogP contribution < -0.4 is 5.73 Å². The summed E-state index contributed by atoms with van der Waals surface area (Å²) in [6.07, 6.45) is 1.67. The van der Waals surface area contributed by atoms with Crippen LogP contribution in [0.5, 0.6) is 0 Å². The second kappa shape index (κ2) is 6.70. The molecule has 0 fully saturated rings. The van der Waals surface area contributed by atoms with Gasteiger partial charge >= 0.3 is 0 Å². The SMILES string of the molecule is CCc1nsc(Sc2ccc(Cl)cc2CC(C)N)n1. The van der Waals surface area contributed by atoms with Crippen molar-refractivity contribution in [3.05, 3.63) is 34.6 Å². The van der Waals surface area contributed by atoms with Crippen LogP contribution in [0.3, 0.4) is 0 Å². The van der Waals surface area contributed by atoms with Gasteiger partial charge in [0.1, 0.15) is 5.82 Å². The predicted molar refractivity (Wildman–Crippen MR) is 82.2 cm³/mol. The number of benzene rings is 1. The van der Waals surface area contributed by atoms with Crippen molar-refractivity contribution < 1.29 is 0 Å². The van der Waals surface area contributed by atoms with Crippen LogP contribution in [0, 0.1) is 0 Å². The second-order valence-corrected chi connectivity index (χ2v) is 6.84. The number of hydrogen-bond acceptors (Lipinski definition) is 5. The van der Waals surface area contributed by atoms with Crippen molar-refractivity contribution >= 4 is 34.9 Å². The molecule has 19 heavy (non-hydrogen) atoms. The Hall–Kier alpha value is -0.620. The lowest BCUT2D eigenvalue weighted by Gasteiger charge is -2.10. The Morgan fingerprint density at radius 2 is 2.26 bits per heavy atom. The lowest BCUT2D eigenvalue weighted by atomic mass is 10.1. The van der Waals surface area contributed by atoms with E-state index in [0.29, 0.717) is 0 Å². The van der Waals surface area contributed by atoms with Crippen LogP contribution in [0.2, 0.25) is 5.02 Å². The standard InChI is InChI=1S/C13H16ClN3S2/c1-3-12-16-13(19-17-12)18-11-5-4-10(14)7-9(11)6-8(2)15/h4-5,7-8H,3,6,15H2,1-2H3. The number of halogens is 1. The zero-order chi connectivity index (χ0) is 13.8. The molecule has 0 spiro atoms. The van der Waals surface area contributed by atoms with Crippen molar-refractivity contribution in [3.8, 4) is 0 Å². The molecular weight excluding hydrogens is 298 g/mol. The minimum Gasteiger partial charge on any atom is -0.328 e. The smallest absolute Gasteiger partial charge is 0.174 e. The van der Waals surface area contributed by atoms with Gasteiger partial charge < -0.3 is 5.73 Å². The Morgan fingerprint density at radius 3 is 2.89 bits per heavy atom. The molecule has 0 radical (unpaired) electrons. The topological polar surface area (TPSA) is 51.8 Å². The van der Waals surface area contributed by atoms with Gasteiger partial charge in [-0.1, -0.05) is 30.3 Å². The van der Waals surface area contributed by atoms with Crippen LogP contribution >= 0.6 is 34.9 Å². The van der Waals surface area contributed by atoms with Gasteiger partial charge in [0, 0.05) is 22.4 Å². The summed E-state index contributed by atoms with van der Waals surface area (Å²) in [6.45, 7) is 4.05. The highest BCUT2D eigenvalue weighted by Crippen LogP contribution is 2.33. The first-order valence-electron chi connectivity index (χ1n) is 6.13. The molecule has 0 saturated heterocycles. The summed E-state index contributed by atoms with van der Waals surface area (Å²) in [5.74, 6) is 0.898. The highest BCUT2D eigenvalue weighted by Gasteiger charge is 2.10. The molecule has 1 aromatic carbocycles. The largest absolute Gasteiger partial charge is 0.328 e. The van der Waals surface area contributed by atoms with Crippen molar-refractivity contribution in [3.63, 3.8) is 0 Å². The molecule has 1 heterocycles. The zero-order valence-electron chi connectivity index (χ0n) is 10.9. The van der Waals surface area contributed by atoms with E-state index < -0.39 is 0 Å². The van der Waals surface area contributed by atoms with Gasteiger partial charge in [-0.15, -0.1) is 0 Å². The fourth-order valence-corrected chi connectivity index (χ4v) is 3.64. The van der Waals surface area contributed by atoms with E-state index in [9.17, 15) is 0 Å². The van der Waals surface area contributed by atoms with Crippen molar-refractivity contribution in [2.24, 2.45) is 5.73 Å². The molecule has 0 aliphatic rings. The van der Waals surface area contributed by atoms with Gasteiger partial charge in [0.15, 0.2) is 4.34 Å². The van der Waals surface area contributed by atoms with E-state index >= 15 is 0 Å². The van der Waals surface area contributed by atoms with Crippen LogP contribution in [0.15, 0.2) is 27.4 Å². The Morgan fingerprint density at radius 1 is 1.47 bits per heavy atom. The number of rotatable bonds is 5. The molecule has 102 valence electrons. The van der Waals surface area contributed by atoms with Crippen LogP contribution in [0.25, 0.3) is 0 Å². The first kappa shape index (κ1) is 14.8. The van der Waals surface area contributed by atoms with Crippen LogP contribution in [-0.4, -0.2) is 15.4 Å². The second-order valence-electron chi connectivity index (χ2n) is 4.37. The molecule has 0 bridgehead atoms. The van der Waals surface area contributed by atoms with E-state index in [4.69, 9.17) is 17.3 Å². The maximum atomic E-state index is 6.05. The average molecular weight is 314 g/mol. The molecule has 1 aromatic heterocycles. The third-order valence-electron chi connectivity index (χ3n) is 2.53. The van der Waals surface area contributed by atoms with Crippen molar-refractivity contribution in [2.45, 2.75) is 42.0 Å². The zero-order valence-corrected chi connectivity index (χ0v) is 13.3. The fourth-order valence-electron chi connectivity index (χ4n) is 1.67. The average Bonchev–Trinajstić information content (AvgIpc) is 2.80. The minimum absolute atomic E-state index is 0.110. The van der Waals surface area contributed by atoms with E-state index in [2.05, 4.69) is 16.3 Å². The lowest BCUT2D eigenvalue weighted by molar-refractivity contribution is 0.729. The molecule has 1 unspecified atom stereocenters. The maximum absolute atomic E-state index is 6.05.